The summed E-state index contributed by atoms with van der Waals surface area (Å²) in [5.74, 6) is 1.00. The van der Waals surface area contributed by atoms with Crippen LogP contribution in [0.2, 0.25) is 0 Å². The fourth-order valence-electron chi connectivity index (χ4n) is 2.28. The number of benzene rings is 1. The summed E-state index contributed by atoms with van der Waals surface area (Å²) in [4.78, 5) is 11.6. The molecule has 1 aliphatic rings. The van der Waals surface area contributed by atoms with Gasteiger partial charge < -0.3 is 15.4 Å². The van der Waals surface area contributed by atoms with Crippen molar-refractivity contribution < 1.29 is 9.53 Å². The predicted octanol–water partition coefficient (Wildman–Crippen LogP) is 1.02. The molecule has 1 aromatic carbocycles. The molecule has 1 aliphatic heterocycles. The molecule has 1 aromatic rings. The molecule has 1 fully saturated rings. The van der Waals surface area contributed by atoms with Crippen molar-refractivity contribution in [3.8, 4) is 5.75 Å². The minimum atomic E-state index is -0.0797. The number of aryl methyl sites for hydroxylation is 2. The van der Waals surface area contributed by atoms with Crippen LogP contribution in [-0.2, 0) is 11.2 Å². The van der Waals surface area contributed by atoms with E-state index >= 15 is 0 Å². The predicted molar refractivity (Wildman–Crippen MR) is 70.9 cm³/mol. The van der Waals surface area contributed by atoms with Crippen LogP contribution >= 0.6 is 0 Å². The number of nitrogens with one attached hydrogen (secondary N) is 2. The number of hydrogen-bond acceptors (Lipinski definition) is 3. The van der Waals surface area contributed by atoms with Gasteiger partial charge in [0.05, 0.1) is 13.2 Å². The summed E-state index contributed by atoms with van der Waals surface area (Å²) in [6.07, 6.45) is 1.64. The lowest BCUT2D eigenvalue weighted by molar-refractivity contribution is -0.124. The zero-order valence-electron chi connectivity index (χ0n) is 11.0. The van der Waals surface area contributed by atoms with Crippen LogP contribution in [0.25, 0.3) is 0 Å². The number of ether oxygens (including phenoxy) is 1. The summed E-state index contributed by atoms with van der Waals surface area (Å²) in [5.41, 5.74) is 2.38. The first-order valence-electron chi connectivity index (χ1n) is 6.35. The second kappa shape index (κ2) is 5.87. The Labute approximate surface area is 108 Å². The summed E-state index contributed by atoms with van der Waals surface area (Å²) in [6, 6.07) is 6.07. The molecule has 4 nitrogen and oxygen atoms in total. The van der Waals surface area contributed by atoms with Crippen LogP contribution in [0, 0.1) is 6.92 Å². The molecule has 0 saturated carbocycles. The Morgan fingerprint density at radius 2 is 2.22 bits per heavy atom. The van der Waals surface area contributed by atoms with E-state index in [1.165, 1.54) is 5.56 Å². The Bertz CT molecular complexity index is 432. The van der Waals surface area contributed by atoms with Gasteiger partial charge in [-0.3, -0.25) is 4.79 Å². The van der Waals surface area contributed by atoms with Gasteiger partial charge in [0, 0.05) is 13.1 Å². The lowest BCUT2D eigenvalue weighted by Gasteiger charge is -2.23. The first-order valence-corrected chi connectivity index (χ1v) is 6.35. The number of methoxy groups -OCH3 is 1. The summed E-state index contributed by atoms with van der Waals surface area (Å²) in [7, 11) is 1.68. The lowest BCUT2D eigenvalue weighted by Crippen LogP contribution is -2.52. The number of hydrogen-bond donors (Lipinski definition) is 2. The van der Waals surface area contributed by atoms with Crippen LogP contribution in [0.3, 0.4) is 0 Å². The van der Waals surface area contributed by atoms with Crippen molar-refractivity contribution in [2.45, 2.75) is 25.8 Å². The fourth-order valence-corrected chi connectivity index (χ4v) is 2.28. The molecule has 4 heteroatoms. The molecule has 1 unspecified atom stereocenters. The van der Waals surface area contributed by atoms with E-state index in [-0.39, 0.29) is 11.9 Å². The smallest absolute Gasteiger partial charge is 0.237 e. The fraction of sp³-hybridized carbons (Fsp3) is 0.500. The van der Waals surface area contributed by atoms with Gasteiger partial charge in [-0.2, -0.15) is 0 Å². The standard InChI is InChI=1S/C14H20N2O2/c1-10-3-6-13(18-2)11(9-10)4-5-12-14(17)16-8-7-15-12/h3,6,9,12,15H,4-5,7-8H2,1-2H3,(H,16,17). The van der Waals surface area contributed by atoms with Crippen LogP contribution < -0.4 is 15.4 Å². The molecule has 18 heavy (non-hydrogen) atoms. The van der Waals surface area contributed by atoms with Crippen LogP contribution in [-0.4, -0.2) is 32.1 Å². The van der Waals surface area contributed by atoms with Crippen LogP contribution in [0.1, 0.15) is 17.5 Å². The van der Waals surface area contributed by atoms with E-state index in [0.717, 1.165) is 37.2 Å². The molecular formula is C14H20N2O2. The summed E-state index contributed by atoms with van der Waals surface area (Å²) in [6.45, 7) is 3.64. The van der Waals surface area contributed by atoms with E-state index in [2.05, 4.69) is 23.6 Å². The van der Waals surface area contributed by atoms with Crippen LogP contribution in [0.4, 0.5) is 0 Å². The Hall–Kier alpha value is -1.55. The number of carbonyl (C=O) groups is 1. The molecule has 0 aromatic heterocycles. The van der Waals surface area contributed by atoms with Crippen molar-refractivity contribution >= 4 is 5.91 Å². The van der Waals surface area contributed by atoms with Crippen molar-refractivity contribution in [3.05, 3.63) is 29.3 Å². The molecule has 0 bridgehead atoms. The van der Waals surface area contributed by atoms with Gasteiger partial charge in [-0.15, -0.1) is 0 Å². The van der Waals surface area contributed by atoms with Gasteiger partial charge in [-0.05, 0) is 31.4 Å². The molecule has 98 valence electrons. The average Bonchev–Trinajstić information content (AvgIpc) is 2.38. The maximum atomic E-state index is 11.6. The van der Waals surface area contributed by atoms with Crippen LogP contribution in [0.15, 0.2) is 18.2 Å². The maximum absolute atomic E-state index is 11.6. The highest BCUT2D eigenvalue weighted by molar-refractivity contribution is 5.82. The summed E-state index contributed by atoms with van der Waals surface area (Å²) in [5, 5.41) is 6.11. The third kappa shape index (κ3) is 3.01. The highest BCUT2D eigenvalue weighted by Crippen LogP contribution is 2.21. The van der Waals surface area contributed by atoms with Gasteiger partial charge in [0.2, 0.25) is 5.91 Å². The first kappa shape index (κ1) is 12.9. The zero-order chi connectivity index (χ0) is 13.0. The van der Waals surface area contributed by atoms with Gasteiger partial charge in [0.1, 0.15) is 5.75 Å². The zero-order valence-corrected chi connectivity index (χ0v) is 11.0. The molecule has 0 aliphatic carbocycles. The van der Waals surface area contributed by atoms with Crippen LogP contribution in [0.5, 0.6) is 5.75 Å². The van der Waals surface area contributed by atoms with E-state index in [4.69, 9.17) is 4.74 Å². The Morgan fingerprint density at radius 1 is 1.39 bits per heavy atom. The minimum absolute atomic E-state index is 0.0797. The lowest BCUT2D eigenvalue weighted by atomic mass is 10.0. The largest absolute Gasteiger partial charge is 0.496 e. The van der Waals surface area contributed by atoms with Gasteiger partial charge in [0.15, 0.2) is 0 Å². The third-order valence-electron chi connectivity index (χ3n) is 3.27. The Kier molecular flexibility index (Phi) is 4.20. The maximum Gasteiger partial charge on any atom is 0.237 e. The van der Waals surface area contributed by atoms with E-state index < -0.39 is 0 Å². The second-order valence-electron chi connectivity index (χ2n) is 4.65. The normalized spacial score (nSPS) is 19.4. The van der Waals surface area contributed by atoms with Crippen molar-refractivity contribution in [1.29, 1.82) is 0 Å². The van der Waals surface area contributed by atoms with E-state index in [0.29, 0.717) is 0 Å². The van der Waals surface area contributed by atoms with Crippen molar-refractivity contribution in [3.63, 3.8) is 0 Å². The summed E-state index contributed by atoms with van der Waals surface area (Å²) >= 11 is 0. The molecule has 1 saturated heterocycles. The van der Waals surface area contributed by atoms with Gasteiger partial charge >= 0.3 is 0 Å². The second-order valence-corrected chi connectivity index (χ2v) is 4.65. The molecule has 1 amide bonds. The summed E-state index contributed by atoms with van der Waals surface area (Å²) < 4.78 is 5.35. The third-order valence-corrected chi connectivity index (χ3v) is 3.27. The first-order chi connectivity index (χ1) is 8.70. The monoisotopic (exact) mass is 248 g/mol. The van der Waals surface area contributed by atoms with E-state index in [1.54, 1.807) is 7.11 Å². The highest BCUT2D eigenvalue weighted by Gasteiger charge is 2.21. The SMILES string of the molecule is COc1ccc(C)cc1CCC1NCCNC1=O. The Morgan fingerprint density at radius 3 is 2.94 bits per heavy atom. The molecule has 1 atom stereocenters. The minimum Gasteiger partial charge on any atom is -0.496 e. The number of amides is 1. The van der Waals surface area contributed by atoms with E-state index in [9.17, 15) is 4.79 Å². The van der Waals surface area contributed by atoms with E-state index in [1.807, 2.05) is 12.1 Å². The quantitative estimate of drug-likeness (QED) is 0.836. The topological polar surface area (TPSA) is 50.4 Å². The average molecular weight is 248 g/mol. The van der Waals surface area contributed by atoms with Gasteiger partial charge in [0.25, 0.3) is 0 Å². The van der Waals surface area contributed by atoms with Gasteiger partial charge in [-0.25, -0.2) is 0 Å². The molecule has 2 rings (SSSR count). The molecule has 2 N–H and O–H groups in total. The molecule has 1 heterocycles. The number of piperazine rings is 1. The van der Waals surface area contributed by atoms with Crippen molar-refractivity contribution in [1.82, 2.24) is 10.6 Å². The molecule has 0 spiro atoms. The number of rotatable bonds is 4. The van der Waals surface area contributed by atoms with Crippen molar-refractivity contribution in [2.24, 2.45) is 0 Å². The molecular weight excluding hydrogens is 228 g/mol. The Balaban J connectivity index is 2.00. The highest BCUT2D eigenvalue weighted by atomic mass is 16.5. The van der Waals surface area contributed by atoms with Gasteiger partial charge in [-0.1, -0.05) is 17.7 Å². The molecule has 0 radical (unpaired) electrons. The number of carbonyl (C=O) groups excluding carboxylic acids is 1. The van der Waals surface area contributed by atoms with Crippen molar-refractivity contribution in [2.75, 3.05) is 20.2 Å².